The van der Waals surface area contributed by atoms with Crippen LogP contribution in [0.2, 0.25) is 0 Å². The number of ether oxygens (including phenoxy) is 2. The molecule has 1 aromatic rings. The number of alkyl halides is 3. The molecule has 1 unspecified atom stereocenters. The molecule has 0 radical (unpaired) electrons. The fourth-order valence-corrected chi connectivity index (χ4v) is 2.47. The summed E-state index contributed by atoms with van der Waals surface area (Å²) in [5, 5.41) is 0. The van der Waals surface area contributed by atoms with E-state index in [0.717, 1.165) is 12.1 Å². The molecule has 0 spiro atoms. The molecule has 0 aliphatic heterocycles. The summed E-state index contributed by atoms with van der Waals surface area (Å²) in [4.78, 5) is 0.101. The van der Waals surface area contributed by atoms with Gasteiger partial charge in [-0.05, 0) is 18.2 Å². The number of hydrogen-bond donors (Lipinski definition) is 0. The molecule has 0 amide bonds. The van der Waals surface area contributed by atoms with Crippen molar-refractivity contribution in [2.24, 2.45) is 0 Å². The molecule has 18 heavy (non-hydrogen) atoms. The third-order valence-corrected chi connectivity index (χ3v) is 3.59. The lowest BCUT2D eigenvalue weighted by molar-refractivity contribution is -0.137. The van der Waals surface area contributed by atoms with Crippen molar-refractivity contribution in [2.75, 3.05) is 20.0 Å². The molecule has 1 rings (SSSR count). The lowest BCUT2D eigenvalue weighted by Crippen LogP contribution is -2.21. The van der Waals surface area contributed by atoms with Gasteiger partial charge in [-0.15, -0.1) is 0 Å². The van der Waals surface area contributed by atoms with Gasteiger partial charge in [-0.2, -0.15) is 13.2 Å². The summed E-state index contributed by atoms with van der Waals surface area (Å²) in [5.41, 5.74) is -0.820. The molecule has 0 bridgehead atoms. The first-order chi connectivity index (χ1) is 8.38. The first-order valence-electron chi connectivity index (χ1n) is 4.99. The summed E-state index contributed by atoms with van der Waals surface area (Å²) >= 11 is 0. The molecule has 1 aromatic carbocycles. The SMILES string of the molecule is COC(CS(=O)c1cccc(C(F)(F)F)c1)OC. The van der Waals surface area contributed by atoms with Crippen molar-refractivity contribution in [2.45, 2.75) is 17.4 Å². The van der Waals surface area contributed by atoms with Crippen molar-refractivity contribution in [1.82, 2.24) is 0 Å². The Morgan fingerprint density at radius 3 is 2.39 bits per heavy atom. The first kappa shape index (κ1) is 15.1. The third-order valence-electron chi connectivity index (χ3n) is 2.24. The lowest BCUT2D eigenvalue weighted by atomic mass is 10.2. The maximum absolute atomic E-state index is 12.5. The molecule has 0 saturated carbocycles. The predicted octanol–water partition coefficient (Wildman–Crippen LogP) is 2.43. The summed E-state index contributed by atoms with van der Waals surface area (Å²) in [5.74, 6) is -0.0195. The van der Waals surface area contributed by atoms with Gasteiger partial charge in [-0.3, -0.25) is 4.21 Å². The van der Waals surface area contributed by atoms with Crippen LogP contribution >= 0.6 is 0 Å². The van der Waals surface area contributed by atoms with E-state index in [1.807, 2.05) is 0 Å². The Morgan fingerprint density at radius 1 is 1.28 bits per heavy atom. The molecular weight excluding hydrogens is 269 g/mol. The average Bonchev–Trinajstić information content (AvgIpc) is 2.34. The van der Waals surface area contributed by atoms with Gasteiger partial charge in [0.15, 0.2) is 6.29 Å². The van der Waals surface area contributed by atoms with E-state index in [4.69, 9.17) is 9.47 Å². The normalized spacial score (nSPS) is 13.9. The predicted molar refractivity (Wildman–Crippen MR) is 60.5 cm³/mol. The van der Waals surface area contributed by atoms with E-state index in [2.05, 4.69) is 0 Å². The molecule has 0 aliphatic carbocycles. The Bertz CT molecular complexity index is 416. The van der Waals surface area contributed by atoms with Gasteiger partial charge in [0, 0.05) is 19.1 Å². The van der Waals surface area contributed by atoms with Gasteiger partial charge in [0.25, 0.3) is 0 Å². The second-order valence-corrected chi connectivity index (χ2v) is 4.93. The number of halogens is 3. The van der Waals surface area contributed by atoms with E-state index in [9.17, 15) is 17.4 Å². The molecule has 3 nitrogen and oxygen atoms in total. The Morgan fingerprint density at radius 2 is 1.89 bits per heavy atom. The largest absolute Gasteiger partial charge is 0.416 e. The maximum atomic E-state index is 12.5. The summed E-state index contributed by atoms with van der Waals surface area (Å²) in [6.07, 6.45) is -5.15. The number of hydrogen-bond acceptors (Lipinski definition) is 3. The van der Waals surface area contributed by atoms with Crippen molar-refractivity contribution >= 4 is 10.8 Å². The molecule has 102 valence electrons. The zero-order valence-corrected chi connectivity index (χ0v) is 10.7. The Labute approximate surface area is 105 Å². The number of rotatable bonds is 5. The minimum atomic E-state index is -4.44. The van der Waals surface area contributed by atoms with Crippen LogP contribution in [-0.2, 0) is 26.4 Å². The Kier molecular flexibility index (Phi) is 5.30. The van der Waals surface area contributed by atoms with Crippen LogP contribution in [0.5, 0.6) is 0 Å². The standard InChI is InChI=1S/C11H13F3O3S/c1-16-10(17-2)7-18(15)9-5-3-4-8(6-9)11(12,13)14/h3-6,10H,7H2,1-2H3. The summed E-state index contributed by atoms with van der Waals surface area (Å²) < 4.78 is 59.0. The van der Waals surface area contributed by atoms with Gasteiger partial charge >= 0.3 is 6.18 Å². The summed E-state index contributed by atoms with van der Waals surface area (Å²) in [6, 6.07) is 4.42. The molecule has 0 aliphatic rings. The van der Waals surface area contributed by atoms with E-state index in [1.54, 1.807) is 0 Å². The van der Waals surface area contributed by atoms with E-state index >= 15 is 0 Å². The highest BCUT2D eigenvalue weighted by Gasteiger charge is 2.30. The monoisotopic (exact) mass is 282 g/mol. The van der Waals surface area contributed by atoms with Crippen LogP contribution in [0.3, 0.4) is 0 Å². The smallest absolute Gasteiger partial charge is 0.355 e. The van der Waals surface area contributed by atoms with Gasteiger partial charge in [0.05, 0.1) is 22.1 Å². The molecule has 1 atom stereocenters. The van der Waals surface area contributed by atoms with Crippen LogP contribution in [0.25, 0.3) is 0 Å². The van der Waals surface area contributed by atoms with Crippen molar-refractivity contribution < 1.29 is 26.9 Å². The van der Waals surface area contributed by atoms with Crippen molar-refractivity contribution in [1.29, 1.82) is 0 Å². The van der Waals surface area contributed by atoms with Crippen LogP contribution in [0, 0.1) is 0 Å². The minimum absolute atomic E-state index is 0.0195. The van der Waals surface area contributed by atoms with Crippen molar-refractivity contribution in [3.63, 3.8) is 0 Å². The van der Waals surface area contributed by atoms with E-state index < -0.39 is 28.8 Å². The second-order valence-electron chi connectivity index (χ2n) is 3.44. The quantitative estimate of drug-likeness (QED) is 0.778. The van der Waals surface area contributed by atoms with Crippen LogP contribution in [0.4, 0.5) is 13.2 Å². The lowest BCUT2D eigenvalue weighted by Gasteiger charge is -2.13. The molecule has 0 aromatic heterocycles. The molecule has 0 fully saturated rings. The van der Waals surface area contributed by atoms with Crippen molar-refractivity contribution in [3.05, 3.63) is 29.8 Å². The Hall–Kier alpha value is -0.920. The summed E-state index contributed by atoms with van der Waals surface area (Å²) in [7, 11) is 1.14. The van der Waals surface area contributed by atoms with Gasteiger partial charge in [0.1, 0.15) is 0 Å². The van der Waals surface area contributed by atoms with Crippen LogP contribution in [0.1, 0.15) is 5.56 Å². The zero-order valence-electron chi connectivity index (χ0n) is 9.86. The van der Waals surface area contributed by atoms with Gasteiger partial charge in [-0.25, -0.2) is 0 Å². The molecule has 0 N–H and O–H groups in total. The van der Waals surface area contributed by atoms with E-state index in [1.165, 1.54) is 26.4 Å². The minimum Gasteiger partial charge on any atom is -0.355 e. The van der Waals surface area contributed by atoms with Crippen LogP contribution in [0.15, 0.2) is 29.2 Å². The average molecular weight is 282 g/mol. The highest BCUT2D eigenvalue weighted by molar-refractivity contribution is 7.85. The van der Waals surface area contributed by atoms with Crippen LogP contribution < -0.4 is 0 Å². The van der Waals surface area contributed by atoms with Crippen molar-refractivity contribution in [3.8, 4) is 0 Å². The fraction of sp³-hybridized carbons (Fsp3) is 0.455. The van der Waals surface area contributed by atoms with E-state index in [-0.39, 0.29) is 10.6 Å². The Balaban J connectivity index is 2.87. The number of benzene rings is 1. The fourth-order valence-electron chi connectivity index (χ4n) is 1.27. The maximum Gasteiger partial charge on any atom is 0.416 e. The molecule has 7 heteroatoms. The molecule has 0 heterocycles. The van der Waals surface area contributed by atoms with Crippen LogP contribution in [-0.4, -0.2) is 30.5 Å². The highest BCUT2D eigenvalue weighted by atomic mass is 32.2. The topological polar surface area (TPSA) is 35.5 Å². The third kappa shape index (κ3) is 4.08. The molecular formula is C11H13F3O3S. The zero-order chi connectivity index (χ0) is 13.8. The highest BCUT2D eigenvalue weighted by Crippen LogP contribution is 2.30. The first-order valence-corrected chi connectivity index (χ1v) is 6.31. The second kappa shape index (κ2) is 6.31. The number of methoxy groups -OCH3 is 2. The summed E-state index contributed by atoms with van der Waals surface area (Å²) in [6.45, 7) is 0. The van der Waals surface area contributed by atoms with E-state index in [0.29, 0.717) is 0 Å². The van der Waals surface area contributed by atoms with Gasteiger partial charge in [-0.1, -0.05) is 6.07 Å². The van der Waals surface area contributed by atoms with Gasteiger partial charge < -0.3 is 9.47 Å². The van der Waals surface area contributed by atoms with Gasteiger partial charge in [0.2, 0.25) is 0 Å². The molecule has 0 saturated heterocycles.